The molecular weight excluding hydrogens is 148 g/mol. The smallest absolute Gasteiger partial charge is 0.341 e. The number of hydrogen-bond donors (Lipinski definition) is 0. The fourth-order valence-corrected chi connectivity index (χ4v) is 0.397. The Morgan fingerprint density at radius 3 is 2.55 bits per heavy atom. The Morgan fingerprint density at radius 1 is 1.55 bits per heavy atom. The van der Waals surface area contributed by atoms with Crippen LogP contribution in [0.3, 0.4) is 0 Å². The van der Waals surface area contributed by atoms with Gasteiger partial charge in [0.15, 0.2) is 6.29 Å². The summed E-state index contributed by atoms with van der Waals surface area (Å²) < 4.78 is 4.21. The SMILES string of the molecule is COC(=O)/C(C=O)=C/C=C=O. The number of carbonyl (C=O) groups is 2. The molecule has 0 aliphatic heterocycles. The van der Waals surface area contributed by atoms with Crippen molar-refractivity contribution in [3.63, 3.8) is 0 Å². The molecule has 0 bridgehead atoms. The maximum atomic E-state index is 10.6. The summed E-state index contributed by atoms with van der Waals surface area (Å²) in [7, 11) is 1.14. The van der Waals surface area contributed by atoms with Gasteiger partial charge in [0, 0.05) is 6.08 Å². The minimum Gasteiger partial charge on any atom is -0.465 e. The molecule has 0 aromatic heterocycles. The maximum Gasteiger partial charge on any atom is 0.341 e. The van der Waals surface area contributed by atoms with Crippen molar-refractivity contribution in [1.29, 1.82) is 0 Å². The first-order chi connectivity index (χ1) is 5.26. The summed E-state index contributed by atoms with van der Waals surface area (Å²) in [5, 5.41) is 0. The van der Waals surface area contributed by atoms with Gasteiger partial charge in [0.1, 0.15) is 11.5 Å². The summed E-state index contributed by atoms with van der Waals surface area (Å²) in [6.45, 7) is 0. The third-order valence-corrected chi connectivity index (χ3v) is 0.879. The molecule has 11 heavy (non-hydrogen) atoms. The van der Waals surface area contributed by atoms with Gasteiger partial charge in [-0.3, -0.25) is 4.79 Å². The first kappa shape index (κ1) is 9.33. The van der Waals surface area contributed by atoms with Gasteiger partial charge in [-0.1, -0.05) is 0 Å². The van der Waals surface area contributed by atoms with Crippen LogP contribution in [0.4, 0.5) is 0 Å². The highest BCUT2D eigenvalue weighted by Crippen LogP contribution is 1.91. The Kier molecular flexibility index (Phi) is 4.36. The minimum absolute atomic E-state index is 0.212. The van der Waals surface area contributed by atoms with Crippen molar-refractivity contribution < 1.29 is 19.1 Å². The average Bonchev–Trinajstić information content (AvgIpc) is 2.05. The fourth-order valence-electron chi connectivity index (χ4n) is 0.397. The molecule has 4 heteroatoms. The lowest BCUT2D eigenvalue weighted by Gasteiger charge is -1.92. The number of hydrogen-bond acceptors (Lipinski definition) is 4. The van der Waals surface area contributed by atoms with E-state index in [2.05, 4.69) is 4.74 Å². The molecule has 0 amide bonds. The van der Waals surface area contributed by atoms with Crippen LogP contribution in [0.1, 0.15) is 0 Å². The van der Waals surface area contributed by atoms with E-state index in [-0.39, 0.29) is 5.57 Å². The van der Waals surface area contributed by atoms with E-state index in [1.54, 1.807) is 0 Å². The van der Waals surface area contributed by atoms with Gasteiger partial charge < -0.3 is 4.74 Å². The molecule has 0 unspecified atom stereocenters. The van der Waals surface area contributed by atoms with Gasteiger partial charge in [-0.2, -0.15) is 0 Å². The van der Waals surface area contributed by atoms with Crippen molar-refractivity contribution in [1.82, 2.24) is 0 Å². The predicted octanol–water partition coefficient (Wildman–Crippen LogP) is -0.328. The van der Waals surface area contributed by atoms with E-state index in [1.165, 1.54) is 5.94 Å². The lowest BCUT2D eigenvalue weighted by atomic mass is 10.3. The minimum atomic E-state index is -0.772. The summed E-state index contributed by atoms with van der Waals surface area (Å²) >= 11 is 0. The van der Waals surface area contributed by atoms with Crippen LogP contribution in [0.25, 0.3) is 0 Å². The first-order valence-electron chi connectivity index (χ1n) is 2.71. The quantitative estimate of drug-likeness (QED) is 0.106. The Hall–Kier alpha value is -1.67. The monoisotopic (exact) mass is 154 g/mol. The maximum absolute atomic E-state index is 10.6. The number of allylic oxidation sites excluding steroid dienone is 2. The van der Waals surface area contributed by atoms with Crippen LogP contribution < -0.4 is 0 Å². The molecule has 0 spiro atoms. The summed E-state index contributed by atoms with van der Waals surface area (Å²) in [6.07, 6.45) is 2.26. The van der Waals surface area contributed by atoms with Gasteiger partial charge >= 0.3 is 5.97 Å². The largest absolute Gasteiger partial charge is 0.465 e. The second-order valence-electron chi connectivity index (χ2n) is 1.52. The first-order valence-corrected chi connectivity index (χ1v) is 2.71. The molecule has 58 valence electrons. The Morgan fingerprint density at radius 2 is 2.18 bits per heavy atom. The van der Waals surface area contributed by atoms with E-state index in [0.29, 0.717) is 6.29 Å². The van der Waals surface area contributed by atoms with E-state index in [1.807, 2.05) is 0 Å². The molecule has 0 saturated heterocycles. The van der Waals surface area contributed by atoms with E-state index < -0.39 is 5.97 Å². The number of carbonyl (C=O) groups excluding carboxylic acids is 3. The summed E-state index contributed by atoms with van der Waals surface area (Å²) in [5.74, 6) is 0.622. The van der Waals surface area contributed by atoms with Crippen molar-refractivity contribution in [2.24, 2.45) is 0 Å². The van der Waals surface area contributed by atoms with Crippen LogP contribution in [0.2, 0.25) is 0 Å². The van der Waals surface area contributed by atoms with Gasteiger partial charge in [-0.15, -0.1) is 0 Å². The molecule has 0 rings (SSSR count). The number of aldehydes is 1. The highest BCUT2D eigenvalue weighted by Gasteiger charge is 2.05. The molecule has 0 fully saturated rings. The van der Waals surface area contributed by atoms with Gasteiger partial charge in [0.25, 0.3) is 0 Å². The molecule has 0 aliphatic rings. The molecule has 0 aromatic carbocycles. The molecule has 0 atom stereocenters. The number of ether oxygens (including phenoxy) is 1. The Labute approximate surface area is 63.1 Å². The van der Waals surface area contributed by atoms with Gasteiger partial charge in [0.05, 0.1) is 7.11 Å². The van der Waals surface area contributed by atoms with Gasteiger partial charge in [0.2, 0.25) is 0 Å². The van der Waals surface area contributed by atoms with Gasteiger partial charge in [-0.25, -0.2) is 9.59 Å². The summed E-state index contributed by atoms with van der Waals surface area (Å²) in [4.78, 5) is 30.3. The van der Waals surface area contributed by atoms with Crippen LogP contribution in [0, 0.1) is 0 Å². The summed E-state index contributed by atoms with van der Waals surface area (Å²) in [6, 6.07) is 0. The zero-order chi connectivity index (χ0) is 8.69. The molecule has 0 aromatic rings. The molecule has 0 N–H and O–H groups in total. The lowest BCUT2D eigenvalue weighted by Crippen LogP contribution is -2.05. The topological polar surface area (TPSA) is 60.4 Å². The van der Waals surface area contributed by atoms with Crippen LogP contribution in [-0.2, 0) is 19.1 Å². The van der Waals surface area contributed by atoms with Crippen molar-refractivity contribution in [2.45, 2.75) is 0 Å². The van der Waals surface area contributed by atoms with Crippen molar-refractivity contribution >= 4 is 18.2 Å². The standard InChI is InChI=1S/C7H6O4/c1-11-7(10)6(5-9)3-2-4-8/h2-3,5H,1H3/b6-3+. The van der Waals surface area contributed by atoms with Crippen LogP contribution in [-0.4, -0.2) is 25.3 Å². The fraction of sp³-hybridized carbons (Fsp3) is 0.143. The average molecular weight is 154 g/mol. The van der Waals surface area contributed by atoms with E-state index in [9.17, 15) is 14.4 Å². The van der Waals surface area contributed by atoms with Crippen LogP contribution >= 0.6 is 0 Å². The highest BCUT2D eigenvalue weighted by atomic mass is 16.5. The third kappa shape index (κ3) is 3.13. The Balaban J connectivity index is 4.51. The molecule has 0 aliphatic carbocycles. The van der Waals surface area contributed by atoms with E-state index in [0.717, 1.165) is 19.3 Å². The lowest BCUT2D eigenvalue weighted by molar-refractivity contribution is -0.136. The van der Waals surface area contributed by atoms with Crippen molar-refractivity contribution in [3.8, 4) is 0 Å². The van der Waals surface area contributed by atoms with Crippen LogP contribution in [0.5, 0.6) is 0 Å². The van der Waals surface area contributed by atoms with Crippen LogP contribution in [0.15, 0.2) is 17.7 Å². The number of esters is 1. The molecule has 0 radical (unpaired) electrons. The van der Waals surface area contributed by atoms with Gasteiger partial charge in [-0.05, 0) is 6.08 Å². The number of rotatable bonds is 3. The number of methoxy groups -OCH3 is 1. The molecule has 0 saturated carbocycles. The van der Waals surface area contributed by atoms with E-state index in [4.69, 9.17) is 0 Å². The highest BCUT2D eigenvalue weighted by molar-refractivity contribution is 6.07. The third-order valence-electron chi connectivity index (χ3n) is 0.879. The predicted molar refractivity (Wildman–Crippen MR) is 36.4 cm³/mol. The zero-order valence-electron chi connectivity index (χ0n) is 5.87. The Bertz CT molecular complexity index is 233. The molecular formula is C7H6O4. The zero-order valence-corrected chi connectivity index (χ0v) is 5.87. The summed E-state index contributed by atoms with van der Waals surface area (Å²) in [5.41, 5.74) is -0.212. The van der Waals surface area contributed by atoms with E-state index >= 15 is 0 Å². The second kappa shape index (κ2) is 5.14. The second-order valence-corrected chi connectivity index (χ2v) is 1.52. The molecule has 4 nitrogen and oxygen atoms in total. The van der Waals surface area contributed by atoms with Crippen molar-refractivity contribution in [2.75, 3.05) is 7.11 Å². The van der Waals surface area contributed by atoms with Crippen molar-refractivity contribution in [3.05, 3.63) is 17.7 Å². The normalized spacial score (nSPS) is 9.73. The molecule has 0 heterocycles.